The number of anilines is 8. The summed E-state index contributed by atoms with van der Waals surface area (Å²) < 4.78 is 26.7. The van der Waals surface area contributed by atoms with Gasteiger partial charge >= 0.3 is 0 Å². The van der Waals surface area contributed by atoms with E-state index in [-0.39, 0.29) is 44.2 Å². The number of aromatic amines is 2. The van der Waals surface area contributed by atoms with Crippen molar-refractivity contribution in [1.82, 2.24) is 20.4 Å². The number of H-pyrrole nitrogens is 2. The lowest BCUT2D eigenvalue weighted by Gasteiger charge is -2.10. The maximum atomic E-state index is 13.4. The van der Waals surface area contributed by atoms with Crippen molar-refractivity contribution in [3.8, 4) is 0 Å². The van der Waals surface area contributed by atoms with Crippen molar-refractivity contribution in [3.05, 3.63) is 120 Å². The molecule has 0 bridgehead atoms. The Labute approximate surface area is 268 Å². The highest BCUT2D eigenvalue weighted by Crippen LogP contribution is 2.28. The van der Waals surface area contributed by atoms with Crippen LogP contribution in [0, 0.1) is 0 Å². The van der Waals surface area contributed by atoms with E-state index in [1.807, 2.05) is 60.7 Å². The van der Waals surface area contributed by atoms with Crippen LogP contribution in [-0.4, -0.2) is 40.6 Å². The van der Waals surface area contributed by atoms with Crippen LogP contribution in [0.2, 0.25) is 0 Å². The predicted octanol–water partition coefficient (Wildman–Crippen LogP) is 5.12. The smallest absolute Gasteiger partial charge is 0.263 e. The number of nitrogens with one attached hydrogen (secondary N) is 6. The number of aromatic nitrogens is 4. The van der Waals surface area contributed by atoms with Gasteiger partial charge in [-0.2, -0.15) is 10.2 Å². The molecule has 0 saturated heterocycles. The second-order valence-corrected chi connectivity index (χ2v) is 12.1. The van der Waals surface area contributed by atoms with E-state index in [2.05, 4.69) is 41.7 Å². The summed E-state index contributed by atoms with van der Waals surface area (Å²) in [5, 5.41) is 24.9. The van der Waals surface area contributed by atoms with Gasteiger partial charge in [-0.3, -0.25) is 19.8 Å². The Balaban J connectivity index is 1.12. The van der Waals surface area contributed by atoms with Gasteiger partial charge in [0.1, 0.15) is 22.8 Å². The highest BCUT2D eigenvalue weighted by atomic mass is 32.2. The Bertz CT molecular complexity index is 2000. The Morgan fingerprint density at radius 1 is 0.532 bits per heavy atom. The topological polar surface area (TPSA) is 226 Å². The number of nitrogens with zero attached hydrogens (tertiary/aromatic N) is 2. The number of para-hydroxylation sites is 2. The van der Waals surface area contributed by atoms with Gasteiger partial charge < -0.3 is 32.7 Å². The van der Waals surface area contributed by atoms with Gasteiger partial charge in [0.15, 0.2) is 11.6 Å². The normalized spacial score (nSPS) is 11.1. The van der Waals surface area contributed by atoms with E-state index < -0.39 is 21.7 Å². The first-order chi connectivity index (χ1) is 22.7. The molecule has 0 spiro atoms. The van der Waals surface area contributed by atoms with E-state index in [9.17, 15) is 18.0 Å². The molecule has 15 heteroatoms. The fraction of sp³-hybridized carbons (Fsp3) is 0. The molecule has 2 heterocycles. The Hall–Kier alpha value is -6.61. The van der Waals surface area contributed by atoms with Gasteiger partial charge in [0.05, 0.1) is 9.79 Å². The SMILES string of the molecule is Nc1[nH]nc(Nc2ccccc2)c1C(=O)Nc1ccc(S(=O)(=O)c2ccc(NC(=O)c3c(Nc4ccccc4)n[nH]c3N)cc2)cc1. The van der Waals surface area contributed by atoms with Crippen molar-refractivity contribution in [1.29, 1.82) is 0 Å². The van der Waals surface area contributed by atoms with Crippen molar-refractivity contribution in [2.75, 3.05) is 32.7 Å². The maximum absolute atomic E-state index is 13.4. The molecule has 0 unspecified atom stereocenters. The van der Waals surface area contributed by atoms with Crippen LogP contribution in [-0.2, 0) is 9.84 Å². The van der Waals surface area contributed by atoms with E-state index in [0.717, 1.165) is 0 Å². The summed E-state index contributed by atoms with van der Waals surface area (Å²) in [6.45, 7) is 0. The quantitative estimate of drug-likeness (QED) is 0.0978. The molecule has 0 saturated carbocycles. The summed E-state index contributed by atoms with van der Waals surface area (Å²) in [6, 6.07) is 29.7. The number of nitrogen functional groups attached to an aromatic ring is 2. The predicted molar refractivity (Wildman–Crippen MR) is 180 cm³/mol. The van der Waals surface area contributed by atoms with Gasteiger partial charge in [-0.05, 0) is 72.8 Å². The number of sulfone groups is 1. The van der Waals surface area contributed by atoms with Crippen molar-refractivity contribution >= 4 is 67.7 Å². The van der Waals surface area contributed by atoms with Crippen LogP contribution in [0.1, 0.15) is 20.7 Å². The Morgan fingerprint density at radius 2 is 0.894 bits per heavy atom. The number of rotatable bonds is 10. The van der Waals surface area contributed by atoms with Crippen molar-refractivity contribution in [3.63, 3.8) is 0 Å². The minimum atomic E-state index is -3.93. The van der Waals surface area contributed by atoms with Crippen molar-refractivity contribution in [2.24, 2.45) is 0 Å². The molecule has 0 fully saturated rings. The summed E-state index contributed by atoms with van der Waals surface area (Å²) in [7, 11) is -3.93. The number of carbonyl (C=O) groups is 2. The summed E-state index contributed by atoms with van der Waals surface area (Å²) in [4.78, 5) is 26.1. The van der Waals surface area contributed by atoms with Crippen molar-refractivity contribution < 1.29 is 18.0 Å². The average molecular weight is 649 g/mol. The van der Waals surface area contributed by atoms with Gasteiger partial charge in [0.25, 0.3) is 11.8 Å². The highest BCUT2D eigenvalue weighted by Gasteiger charge is 2.23. The lowest BCUT2D eigenvalue weighted by Crippen LogP contribution is -2.15. The molecular formula is C32H28N10O4S. The van der Waals surface area contributed by atoms with Crippen LogP contribution >= 0.6 is 0 Å². The molecule has 0 aliphatic carbocycles. The van der Waals surface area contributed by atoms with Gasteiger partial charge in [0, 0.05) is 22.7 Å². The molecule has 0 aliphatic heterocycles. The second-order valence-electron chi connectivity index (χ2n) is 10.2. The third kappa shape index (κ3) is 6.59. The summed E-state index contributed by atoms with van der Waals surface area (Å²) in [5.74, 6) is -0.467. The fourth-order valence-corrected chi connectivity index (χ4v) is 5.89. The number of benzene rings is 4. The molecule has 2 amide bonds. The van der Waals surface area contributed by atoms with E-state index in [0.29, 0.717) is 22.7 Å². The summed E-state index contributed by atoms with van der Waals surface area (Å²) >= 11 is 0. The second kappa shape index (κ2) is 12.8. The fourth-order valence-electron chi connectivity index (χ4n) is 4.63. The number of carbonyl (C=O) groups excluding carboxylic acids is 2. The molecule has 0 radical (unpaired) electrons. The third-order valence-corrected chi connectivity index (χ3v) is 8.75. The molecule has 6 rings (SSSR count). The minimum Gasteiger partial charge on any atom is -0.383 e. The number of amides is 2. The lowest BCUT2D eigenvalue weighted by atomic mass is 10.2. The molecule has 0 aliphatic rings. The maximum Gasteiger partial charge on any atom is 0.263 e. The molecule has 2 aromatic heterocycles. The molecular weight excluding hydrogens is 620 g/mol. The molecule has 236 valence electrons. The molecule has 47 heavy (non-hydrogen) atoms. The molecule has 10 N–H and O–H groups in total. The monoisotopic (exact) mass is 648 g/mol. The zero-order valence-electron chi connectivity index (χ0n) is 24.5. The lowest BCUT2D eigenvalue weighted by molar-refractivity contribution is 0.102. The van der Waals surface area contributed by atoms with Crippen LogP contribution in [0.15, 0.2) is 119 Å². The van der Waals surface area contributed by atoms with Gasteiger partial charge in [0.2, 0.25) is 9.84 Å². The number of hydrogen-bond acceptors (Lipinski definition) is 10. The first-order valence-electron chi connectivity index (χ1n) is 14.1. The molecule has 14 nitrogen and oxygen atoms in total. The third-order valence-electron chi connectivity index (χ3n) is 6.96. The minimum absolute atomic E-state index is 0.00402. The van der Waals surface area contributed by atoms with E-state index in [4.69, 9.17) is 11.5 Å². The highest BCUT2D eigenvalue weighted by molar-refractivity contribution is 7.91. The average Bonchev–Trinajstić information content (AvgIpc) is 3.63. The van der Waals surface area contributed by atoms with E-state index >= 15 is 0 Å². The van der Waals surface area contributed by atoms with Gasteiger partial charge in [-0.1, -0.05) is 36.4 Å². The Kier molecular flexibility index (Phi) is 8.27. The van der Waals surface area contributed by atoms with Crippen LogP contribution < -0.4 is 32.7 Å². The van der Waals surface area contributed by atoms with Crippen LogP contribution in [0.25, 0.3) is 0 Å². The zero-order chi connectivity index (χ0) is 33.0. The standard InChI is InChI=1S/C32H28N10O4S/c33-27-25(29(41-39-27)35-19-7-3-1-4-8-19)31(43)37-21-11-15-23(16-12-21)47(45,46)24-17-13-22(14-18-24)38-32(44)26-28(34)40-42-30(26)36-20-9-5-2-6-10-20/h1-18H,(H,37,43)(H,38,44)(H4,33,35,39,41)(H4,34,36,40,42). The number of nitrogens with two attached hydrogens (primary N) is 2. The molecule has 6 aromatic rings. The number of hydrogen-bond donors (Lipinski definition) is 8. The first-order valence-corrected chi connectivity index (χ1v) is 15.6. The van der Waals surface area contributed by atoms with Crippen LogP contribution in [0.3, 0.4) is 0 Å². The molecule has 4 aromatic carbocycles. The van der Waals surface area contributed by atoms with Crippen LogP contribution in [0.4, 0.5) is 46.0 Å². The van der Waals surface area contributed by atoms with Crippen LogP contribution in [0.5, 0.6) is 0 Å². The largest absolute Gasteiger partial charge is 0.383 e. The van der Waals surface area contributed by atoms with E-state index in [1.165, 1.54) is 48.5 Å². The van der Waals surface area contributed by atoms with Gasteiger partial charge in [-0.15, -0.1) is 0 Å². The Morgan fingerprint density at radius 3 is 1.26 bits per heavy atom. The van der Waals surface area contributed by atoms with Gasteiger partial charge in [-0.25, -0.2) is 8.42 Å². The van der Waals surface area contributed by atoms with E-state index in [1.54, 1.807) is 0 Å². The summed E-state index contributed by atoms with van der Waals surface area (Å²) in [6.07, 6.45) is 0. The molecule has 0 atom stereocenters. The summed E-state index contributed by atoms with van der Waals surface area (Å²) in [5.41, 5.74) is 14.3. The zero-order valence-corrected chi connectivity index (χ0v) is 25.3. The van der Waals surface area contributed by atoms with Crippen molar-refractivity contribution in [2.45, 2.75) is 9.79 Å². The first kappa shape index (κ1) is 30.4.